The van der Waals surface area contributed by atoms with Gasteiger partial charge in [-0.25, -0.2) is 4.68 Å². The Bertz CT molecular complexity index is 559. The Morgan fingerprint density at radius 1 is 1.20 bits per heavy atom. The van der Waals surface area contributed by atoms with E-state index in [-0.39, 0.29) is 0 Å². The Balaban J connectivity index is 2.32. The van der Waals surface area contributed by atoms with E-state index in [4.69, 9.17) is 15.2 Å². The zero-order chi connectivity index (χ0) is 14.5. The molecule has 0 saturated heterocycles. The third-order valence-electron chi connectivity index (χ3n) is 3.23. The van der Waals surface area contributed by atoms with Crippen molar-refractivity contribution in [3.8, 4) is 11.5 Å². The minimum Gasteiger partial charge on any atom is -0.493 e. The summed E-state index contributed by atoms with van der Waals surface area (Å²) in [5.41, 5.74) is 8.70. The SMILES string of the molecule is CCn1nnc(CN)c1Cc1ccc(OC)c(OC)c1. The van der Waals surface area contributed by atoms with Crippen LogP contribution in [0.25, 0.3) is 0 Å². The molecule has 1 aromatic carbocycles. The lowest BCUT2D eigenvalue weighted by atomic mass is 10.1. The molecule has 1 aromatic heterocycles. The van der Waals surface area contributed by atoms with Gasteiger partial charge in [0.05, 0.1) is 25.6 Å². The Kier molecular flexibility index (Phi) is 4.57. The molecule has 20 heavy (non-hydrogen) atoms. The van der Waals surface area contributed by atoms with E-state index in [1.165, 1.54) is 0 Å². The average Bonchev–Trinajstić information content (AvgIpc) is 2.88. The molecular formula is C14H20N4O2. The first-order valence-corrected chi connectivity index (χ1v) is 6.55. The topological polar surface area (TPSA) is 75.2 Å². The molecule has 0 bridgehead atoms. The molecule has 108 valence electrons. The number of hydrogen-bond donors (Lipinski definition) is 1. The van der Waals surface area contributed by atoms with Gasteiger partial charge in [-0.15, -0.1) is 5.10 Å². The first kappa shape index (κ1) is 14.3. The van der Waals surface area contributed by atoms with Crippen molar-refractivity contribution < 1.29 is 9.47 Å². The minimum absolute atomic E-state index is 0.391. The highest BCUT2D eigenvalue weighted by molar-refractivity contribution is 5.44. The number of hydrogen-bond acceptors (Lipinski definition) is 5. The maximum Gasteiger partial charge on any atom is 0.160 e. The Morgan fingerprint density at radius 2 is 1.95 bits per heavy atom. The lowest BCUT2D eigenvalue weighted by molar-refractivity contribution is 0.354. The van der Waals surface area contributed by atoms with Gasteiger partial charge in [0.15, 0.2) is 11.5 Å². The molecule has 0 unspecified atom stereocenters. The molecule has 0 spiro atoms. The standard InChI is InChI=1S/C14H20N4O2/c1-4-18-12(11(9-15)16-17-18)7-10-5-6-13(19-2)14(8-10)20-3/h5-6,8H,4,7,9,15H2,1-3H3. The monoisotopic (exact) mass is 276 g/mol. The summed E-state index contributed by atoms with van der Waals surface area (Å²) in [5, 5.41) is 8.22. The quantitative estimate of drug-likeness (QED) is 0.862. The van der Waals surface area contributed by atoms with Crippen molar-refractivity contribution in [1.29, 1.82) is 0 Å². The summed E-state index contributed by atoms with van der Waals surface area (Å²) in [7, 11) is 3.25. The van der Waals surface area contributed by atoms with Crippen LogP contribution in [0.3, 0.4) is 0 Å². The fourth-order valence-electron chi connectivity index (χ4n) is 2.16. The summed E-state index contributed by atoms with van der Waals surface area (Å²) < 4.78 is 12.4. The normalized spacial score (nSPS) is 10.6. The molecule has 6 nitrogen and oxygen atoms in total. The van der Waals surface area contributed by atoms with Crippen molar-refractivity contribution in [3.63, 3.8) is 0 Å². The number of rotatable bonds is 6. The van der Waals surface area contributed by atoms with E-state index in [1.807, 2.05) is 29.8 Å². The molecule has 2 aromatic rings. The first-order chi connectivity index (χ1) is 9.73. The van der Waals surface area contributed by atoms with Crippen LogP contribution >= 0.6 is 0 Å². The van der Waals surface area contributed by atoms with Gasteiger partial charge in [0.2, 0.25) is 0 Å². The Morgan fingerprint density at radius 3 is 2.55 bits per heavy atom. The van der Waals surface area contributed by atoms with E-state index in [1.54, 1.807) is 14.2 Å². The lowest BCUT2D eigenvalue weighted by Gasteiger charge is -2.10. The van der Waals surface area contributed by atoms with Gasteiger partial charge in [0.1, 0.15) is 0 Å². The highest BCUT2D eigenvalue weighted by Crippen LogP contribution is 2.28. The van der Waals surface area contributed by atoms with E-state index in [2.05, 4.69) is 10.3 Å². The molecule has 0 amide bonds. The van der Waals surface area contributed by atoms with Crippen LogP contribution in [0.2, 0.25) is 0 Å². The van der Waals surface area contributed by atoms with Gasteiger partial charge >= 0.3 is 0 Å². The third-order valence-corrected chi connectivity index (χ3v) is 3.23. The zero-order valence-corrected chi connectivity index (χ0v) is 12.1. The number of nitrogens with zero attached hydrogens (tertiary/aromatic N) is 3. The van der Waals surface area contributed by atoms with Gasteiger partial charge in [-0.1, -0.05) is 11.3 Å². The second-order valence-electron chi connectivity index (χ2n) is 4.37. The van der Waals surface area contributed by atoms with Crippen LogP contribution in [0.15, 0.2) is 18.2 Å². The van der Waals surface area contributed by atoms with Crippen molar-refractivity contribution in [2.75, 3.05) is 14.2 Å². The number of ether oxygens (including phenoxy) is 2. The van der Waals surface area contributed by atoms with Crippen molar-refractivity contribution in [3.05, 3.63) is 35.2 Å². The maximum absolute atomic E-state index is 5.71. The summed E-state index contributed by atoms with van der Waals surface area (Å²) >= 11 is 0. The van der Waals surface area contributed by atoms with Crippen molar-refractivity contribution in [1.82, 2.24) is 15.0 Å². The van der Waals surface area contributed by atoms with Gasteiger partial charge in [0, 0.05) is 19.5 Å². The molecule has 0 aliphatic rings. The Hall–Kier alpha value is -2.08. The maximum atomic E-state index is 5.71. The van der Waals surface area contributed by atoms with Crippen LogP contribution in [0.5, 0.6) is 11.5 Å². The Labute approximate surface area is 118 Å². The van der Waals surface area contributed by atoms with E-state index < -0.39 is 0 Å². The van der Waals surface area contributed by atoms with Crippen LogP contribution < -0.4 is 15.2 Å². The number of benzene rings is 1. The zero-order valence-electron chi connectivity index (χ0n) is 12.1. The summed E-state index contributed by atoms with van der Waals surface area (Å²) in [6.45, 7) is 3.20. The average molecular weight is 276 g/mol. The second kappa shape index (κ2) is 6.38. The predicted octanol–water partition coefficient (Wildman–Crippen LogP) is 1.36. The lowest BCUT2D eigenvalue weighted by Crippen LogP contribution is -2.07. The number of methoxy groups -OCH3 is 2. The summed E-state index contributed by atoms with van der Waals surface area (Å²) in [4.78, 5) is 0. The van der Waals surface area contributed by atoms with E-state index in [9.17, 15) is 0 Å². The van der Waals surface area contributed by atoms with Crippen molar-refractivity contribution in [2.45, 2.75) is 26.4 Å². The molecule has 0 saturated carbocycles. The molecule has 2 rings (SSSR count). The number of nitrogens with two attached hydrogens (primary N) is 1. The van der Waals surface area contributed by atoms with Gasteiger partial charge < -0.3 is 15.2 Å². The molecular weight excluding hydrogens is 256 g/mol. The van der Waals surface area contributed by atoms with Crippen LogP contribution in [0, 0.1) is 0 Å². The predicted molar refractivity (Wildman–Crippen MR) is 75.9 cm³/mol. The van der Waals surface area contributed by atoms with Gasteiger partial charge in [-0.05, 0) is 24.6 Å². The van der Waals surface area contributed by atoms with Crippen molar-refractivity contribution in [2.24, 2.45) is 5.73 Å². The van der Waals surface area contributed by atoms with E-state index in [0.717, 1.165) is 35.0 Å². The molecule has 2 N–H and O–H groups in total. The third kappa shape index (κ3) is 2.75. The highest BCUT2D eigenvalue weighted by atomic mass is 16.5. The summed E-state index contributed by atoms with van der Waals surface area (Å²) in [5.74, 6) is 1.44. The highest BCUT2D eigenvalue weighted by Gasteiger charge is 2.13. The molecule has 0 atom stereocenters. The van der Waals surface area contributed by atoms with Crippen LogP contribution in [0.4, 0.5) is 0 Å². The van der Waals surface area contributed by atoms with Crippen LogP contribution in [0.1, 0.15) is 23.9 Å². The summed E-state index contributed by atoms with van der Waals surface area (Å²) in [6, 6.07) is 5.87. The van der Waals surface area contributed by atoms with Crippen LogP contribution in [-0.2, 0) is 19.5 Å². The fourth-order valence-corrected chi connectivity index (χ4v) is 2.16. The van der Waals surface area contributed by atoms with Gasteiger partial charge in [0.25, 0.3) is 0 Å². The number of aryl methyl sites for hydroxylation is 1. The minimum atomic E-state index is 0.391. The van der Waals surface area contributed by atoms with Gasteiger partial charge in [-0.2, -0.15) is 0 Å². The smallest absolute Gasteiger partial charge is 0.160 e. The van der Waals surface area contributed by atoms with E-state index in [0.29, 0.717) is 13.0 Å². The summed E-state index contributed by atoms with van der Waals surface area (Å²) in [6.07, 6.45) is 0.716. The van der Waals surface area contributed by atoms with Crippen molar-refractivity contribution >= 4 is 0 Å². The molecule has 0 fully saturated rings. The molecule has 1 heterocycles. The number of aromatic nitrogens is 3. The largest absolute Gasteiger partial charge is 0.493 e. The van der Waals surface area contributed by atoms with Gasteiger partial charge in [-0.3, -0.25) is 0 Å². The van der Waals surface area contributed by atoms with E-state index >= 15 is 0 Å². The molecule has 0 radical (unpaired) electrons. The second-order valence-corrected chi connectivity index (χ2v) is 4.37. The molecule has 0 aliphatic carbocycles. The fraction of sp³-hybridized carbons (Fsp3) is 0.429. The molecule has 0 aliphatic heterocycles. The first-order valence-electron chi connectivity index (χ1n) is 6.55. The van der Waals surface area contributed by atoms with Crippen LogP contribution in [-0.4, -0.2) is 29.2 Å². The molecule has 6 heteroatoms.